The van der Waals surface area contributed by atoms with Crippen LogP contribution in [0.3, 0.4) is 0 Å². The summed E-state index contributed by atoms with van der Waals surface area (Å²) in [6, 6.07) is 58.7. The van der Waals surface area contributed by atoms with Crippen molar-refractivity contribution in [3.8, 4) is 33.4 Å². The fourth-order valence-corrected chi connectivity index (χ4v) is 8.31. The molecule has 0 fully saturated rings. The van der Waals surface area contributed by atoms with E-state index in [2.05, 4.69) is 170 Å². The molecular weight excluding hydrogens is 577 g/mol. The first kappa shape index (κ1) is 27.2. The molecule has 0 saturated carbocycles. The number of aryl methyl sites for hydroxylation is 1. The third kappa shape index (κ3) is 4.16. The minimum absolute atomic E-state index is 1.10. The highest BCUT2D eigenvalue weighted by molar-refractivity contribution is 6.24. The van der Waals surface area contributed by atoms with Crippen LogP contribution in [-0.4, -0.2) is 0 Å². The van der Waals surface area contributed by atoms with E-state index >= 15 is 0 Å². The zero-order valence-corrected chi connectivity index (χ0v) is 26.6. The second-order valence-electron chi connectivity index (χ2n) is 13.1. The summed E-state index contributed by atoms with van der Waals surface area (Å²) in [5.41, 5.74) is 10.5. The van der Waals surface area contributed by atoms with Gasteiger partial charge in [0.2, 0.25) is 0 Å². The minimum Gasteiger partial charge on any atom is -0.0836 e. The zero-order valence-electron chi connectivity index (χ0n) is 26.6. The maximum atomic E-state index is 2.45. The minimum atomic E-state index is 1.10. The third-order valence-electron chi connectivity index (χ3n) is 10.5. The highest BCUT2D eigenvalue weighted by Crippen LogP contribution is 2.47. The number of fused-ring (bicyclic) bond motifs is 7. The first-order chi connectivity index (χ1) is 23.8. The molecule has 0 radical (unpaired) electrons. The van der Waals surface area contributed by atoms with E-state index in [9.17, 15) is 0 Å². The van der Waals surface area contributed by atoms with Gasteiger partial charge in [-0.25, -0.2) is 0 Å². The van der Waals surface area contributed by atoms with Gasteiger partial charge in [0.05, 0.1) is 0 Å². The predicted octanol–water partition coefficient (Wildman–Crippen LogP) is 13.4. The van der Waals surface area contributed by atoms with Crippen LogP contribution in [0, 0.1) is 0 Å². The molecule has 1 aliphatic rings. The topological polar surface area (TPSA) is 0 Å². The monoisotopic (exact) mass is 608 g/mol. The molecule has 0 unspecified atom stereocenters. The summed E-state index contributed by atoms with van der Waals surface area (Å²) in [5.74, 6) is 0. The third-order valence-corrected chi connectivity index (χ3v) is 10.5. The first-order valence-corrected chi connectivity index (χ1v) is 17.0. The Morgan fingerprint density at radius 1 is 0.354 bits per heavy atom. The standard InChI is InChI=1S/C48H32/c1-3-15-37-31(12-1)14-11-23-38(37)35-26-24-33-29-36(27-25-32(33)28-35)47-42-19-7-9-21-44(42)48(45-22-10-8-20-43(45)47)46-30-34-13-2-4-16-39(34)40-17-5-6-18-41(40)46/h1-3,5-15,17-30H,4,16H2. The van der Waals surface area contributed by atoms with E-state index in [1.54, 1.807) is 0 Å². The quantitative estimate of drug-likeness (QED) is 0.175. The molecule has 0 heteroatoms. The molecule has 0 nitrogen and oxygen atoms in total. The lowest BCUT2D eigenvalue weighted by molar-refractivity contribution is 0.997. The lowest BCUT2D eigenvalue weighted by Crippen LogP contribution is -1.98. The van der Waals surface area contributed by atoms with Gasteiger partial charge in [-0.2, -0.15) is 0 Å². The molecule has 9 aromatic rings. The van der Waals surface area contributed by atoms with Crippen molar-refractivity contribution in [3.05, 3.63) is 175 Å². The summed E-state index contributed by atoms with van der Waals surface area (Å²) < 4.78 is 0. The Labute approximate surface area is 280 Å². The molecule has 0 N–H and O–H groups in total. The summed E-state index contributed by atoms with van der Waals surface area (Å²) in [5, 5.41) is 12.9. The molecule has 0 atom stereocenters. The van der Waals surface area contributed by atoms with Crippen molar-refractivity contribution in [1.82, 2.24) is 0 Å². The summed E-state index contributed by atoms with van der Waals surface area (Å²) >= 11 is 0. The van der Waals surface area contributed by atoms with Gasteiger partial charge in [-0.1, -0.05) is 152 Å². The summed E-state index contributed by atoms with van der Waals surface area (Å²) in [6.07, 6.45) is 6.85. The van der Waals surface area contributed by atoms with Crippen LogP contribution >= 0.6 is 0 Å². The summed E-state index contributed by atoms with van der Waals surface area (Å²) in [7, 11) is 0. The fraction of sp³-hybridized carbons (Fsp3) is 0.0417. The molecule has 0 amide bonds. The average Bonchev–Trinajstić information content (AvgIpc) is 3.16. The van der Waals surface area contributed by atoms with Crippen LogP contribution in [0.2, 0.25) is 0 Å². The van der Waals surface area contributed by atoms with Gasteiger partial charge >= 0.3 is 0 Å². The Balaban J connectivity index is 1.21. The molecule has 0 spiro atoms. The van der Waals surface area contributed by atoms with Gasteiger partial charge in [-0.15, -0.1) is 0 Å². The van der Waals surface area contributed by atoms with E-state index in [0.717, 1.165) is 12.8 Å². The van der Waals surface area contributed by atoms with Gasteiger partial charge < -0.3 is 0 Å². The normalized spacial score (nSPS) is 12.8. The number of hydrogen-bond acceptors (Lipinski definition) is 0. The van der Waals surface area contributed by atoms with E-state index < -0.39 is 0 Å². The van der Waals surface area contributed by atoms with E-state index in [4.69, 9.17) is 0 Å². The van der Waals surface area contributed by atoms with Gasteiger partial charge in [0.25, 0.3) is 0 Å². The van der Waals surface area contributed by atoms with Crippen molar-refractivity contribution in [2.75, 3.05) is 0 Å². The summed E-state index contributed by atoms with van der Waals surface area (Å²) in [4.78, 5) is 0. The van der Waals surface area contributed by atoms with Crippen LogP contribution in [0.5, 0.6) is 0 Å². The fourth-order valence-electron chi connectivity index (χ4n) is 8.31. The number of allylic oxidation sites excluding steroid dienone is 1. The molecule has 0 aromatic heterocycles. The molecule has 0 bridgehead atoms. The van der Waals surface area contributed by atoms with Gasteiger partial charge in [0.15, 0.2) is 0 Å². The van der Waals surface area contributed by atoms with Crippen molar-refractivity contribution in [3.63, 3.8) is 0 Å². The van der Waals surface area contributed by atoms with Crippen LogP contribution < -0.4 is 0 Å². The Hall–Kier alpha value is -5.98. The van der Waals surface area contributed by atoms with Crippen molar-refractivity contribution in [2.45, 2.75) is 12.8 Å². The smallest absolute Gasteiger partial charge is 0.00199 e. The SMILES string of the molecule is C1=Cc2cc(-c3c4ccccc4c(-c4ccc5cc(-c6cccc7ccccc67)ccc5c4)c4ccccc34)c3ccccc3c2CC1. The second kappa shape index (κ2) is 10.8. The van der Waals surface area contributed by atoms with Crippen LogP contribution in [-0.2, 0) is 6.42 Å². The Morgan fingerprint density at radius 2 is 0.917 bits per heavy atom. The van der Waals surface area contributed by atoms with Crippen LogP contribution in [0.1, 0.15) is 17.5 Å². The lowest BCUT2D eigenvalue weighted by Gasteiger charge is -2.21. The van der Waals surface area contributed by atoms with Crippen LogP contribution in [0.4, 0.5) is 0 Å². The molecule has 0 saturated heterocycles. The number of rotatable bonds is 3. The van der Waals surface area contributed by atoms with Gasteiger partial charge in [-0.05, 0) is 129 Å². The van der Waals surface area contributed by atoms with Crippen molar-refractivity contribution in [2.24, 2.45) is 0 Å². The molecule has 9 aromatic carbocycles. The lowest BCUT2D eigenvalue weighted by atomic mass is 9.82. The molecule has 10 rings (SSSR count). The largest absolute Gasteiger partial charge is 0.0836 e. The van der Waals surface area contributed by atoms with E-state index in [-0.39, 0.29) is 0 Å². The molecule has 0 heterocycles. The zero-order chi connectivity index (χ0) is 31.6. The maximum Gasteiger partial charge on any atom is -0.00199 e. The number of benzene rings is 9. The summed E-state index contributed by atoms with van der Waals surface area (Å²) in [6.45, 7) is 0. The average molecular weight is 609 g/mol. The van der Waals surface area contributed by atoms with Crippen LogP contribution in [0.25, 0.3) is 93.3 Å². The molecular formula is C48H32. The highest BCUT2D eigenvalue weighted by Gasteiger charge is 2.20. The molecule has 1 aliphatic carbocycles. The van der Waals surface area contributed by atoms with Crippen LogP contribution in [0.15, 0.2) is 164 Å². The Morgan fingerprint density at radius 3 is 1.65 bits per heavy atom. The molecule has 224 valence electrons. The van der Waals surface area contributed by atoms with E-state index in [0.29, 0.717) is 0 Å². The second-order valence-corrected chi connectivity index (χ2v) is 13.1. The number of hydrogen-bond donors (Lipinski definition) is 0. The van der Waals surface area contributed by atoms with Crippen molar-refractivity contribution in [1.29, 1.82) is 0 Å². The predicted molar refractivity (Wildman–Crippen MR) is 208 cm³/mol. The highest BCUT2D eigenvalue weighted by atomic mass is 14.2. The van der Waals surface area contributed by atoms with E-state index in [1.165, 1.54) is 98.4 Å². The first-order valence-electron chi connectivity index (χ1n) is 17.0. The maximum absolute atomic E-state index is 2.45. The van der Waals surface area contributed by atoms with E-state index in [1.807, 2.05) is 0 Å². The Bertz CT molecular complexity index is 2710. The van der Waals surface area contributed by atoms with Gasteiger partial charge in [0, 0.05) is 0 Å². The Kier molecular flexibility index (Phi) is 6.11. The van der Waals surface area contributed by atoms with Gasteiger partial charge in [-0.3, -0.25) is 0 Å². The van der Waals surface area contributed by atoms with Crippen molar-refractivity contribution < 1.29 is 0 Å². The van der Waals surface area contributed by atoms with Crippen molar-refractivity contribution >= 4 is 59.9 Å². The molecule has 48 heavy (non-hydrogen) atoms. The molecule has 0 aliphatic heterocycles. The van der Waals surface area contributed by atoms with Gasteiger partial charge in [0.1, 0.15) is 0 Å².